The van der Waals surface area contributed by atoms with Gasteiger partial charge in [-0.05, 0) is 25.8 Å². The molecule has 1 fully saturated rings. The van der Waals surface area contributed by atoms with Crippen LogP contribution < -0.4 is 10.1 Å². The molecule has 1 N–H and O–H groups in total. The summed E-state index contributed by atoms with van der Waals surface area (Å²) in [7, 11) is 1.11. The van der Waals surface area contributed by atoms with Gasteiger partial charge in [-0.25, -0.2) is 0 Å². The van der Waals surface area contributed by atoms with Gasteiger partial charge in [0, 0.05) is 32.7 Å². The molecule has 1 aromatic carbocycles. The Bertz CT molecular complexity index is 706. The number of rotatable bonds is 6. The topological polar surface area (TPSA) is 79.0 Å². The summed E-state index contributed by atoms with van der Waals surface area (Å²) in [6.07, 6.45) is 1.36. The standard InChI is InChI=1S/C17H27N3O4S/c1-13(15-9-5-6-10-16(15)24-4)18-17(21)14-8-7-11-20(12-14)25(22,23)19(2)3/h5-6,9-10,13-14H,7-8,11-12H2,1-4H3,(H,18,21)/t13-,14-/m1/s1. The molecule has 0 aliphatic carbocycles. The molecule has 0 radical (unpaired) electrons. The van der Waals surface area contributed by atoms with E-state index in [4.69, 9.17) is 4.74 Å². The summed E-state index contributed by atoms with van der Waals surface area (Å²) < 4.78 is 32.5. The second kappa shape index (κ2) is 8.16. The normalized spacial score (nSPS) is 20.3. The van der Waals surface area contributed by atoms with Crippen molar-refractivity contribution < 1.29 is 17.9 Å². The highest BCUT2D eigenvalue weighted by Gasteiger charge is 2.34. The largest absolute Gasteiger partial charge is 0.496 e. The van der Waals surface area contributed by atoms with Crippen LogP contribution >= 0.6 is 0 Å². The van der Waals surface area contributed by atoms with Crippen LogP contribution in [0.15, 0.2) is 24.3 Å². The van der Waals surface area contributed by atoms with E-state index >= 15 is 0 Å². The van der Waals surface area contributed by atoms with Crippen molar-refractivity contribution in [3.05, 3.63) is 29.8 Å². The van der Waals surface area contributed by atoms with Crippen molar-refractivity contribution >= 4 is 16.1 Å². The Morgan fingerprint density at radius 2 is 2.04 bits per heavy atom. The Labute approximate surface area is 150 Å². The number of piperidine rings is 1. The van der Waals surface area contributed by atoms with Crippen LogP contribution in [0, 0.1) is 5.92 Å². The average Bonchev–Trinajstić information content (AvgIpc) is 2.61. The molecule has 0 aromatic heterocycles. The molecule has 2 atom stereocenters. The Balaban J connectivity index is 2.05. The van der Waals surface area contributed by atoms with Crippen LogP contribution in [0.4, 0.5) is 0 Å². The Morgan fingerprint density at radius 1 is 1.36 bits per heavy atom. The quantitative estimate of drug-likeness (QED) is 0.822. The van der Waals surface area contributed by atoms with Crippen LogP contribution in [0.5, 0.6) is 5.75 Å². The van der Waals surface area contributed by atoms with Crippen LogP contribution in [0.3, 0.4) is 0 Å². The summed E-state index contributed by atoms with van der Waals surface area (Å²) in [6.45, 7) is 2.56. The minimum Gasteiger partial charge on any atom is -0.496 e. The second-order valence-electron chi connectivity index (χ2n) is 6.46. The minimum atomic E-state index is -3.49. The Kier molecular flexibility index (Phi) is 6.42. The van der Waals surface area contributed by atoms with Crippen LogP contribution in [-0.4, -0.2) is 57.2 Å². The van der Waals surface area contributed by atoms with E-state index in [0.29, 0.717) is 19.4 Å². The van der Waals surface area contributed by atoms with E-state index in [1.54, 1.807) is 7.11 Å². The van der Waals surface area contributed by atoms with Gasteiger partial charge in [0.25, 0.3) is 10.2 Å². The smallest absolute Gasteiger partial charge is 0.281 e. The van der Waals surface area contributed by atoms with Crippen molar-refractivity contribution in [1.82, 2.24) is 13.9 Å². The van der Waals surface area contributed by atoms with Crippen molar-refractivity contribution in [1.29, 1.82) is 0 Å². The molecule has 1 aromatic rings. The maximum Gasteiger partial charge on any atom is 0.281 e. The SMILES string of the molecule is COc1ccccc1[C@@H](C)NC(=O)[C@@H]1CCCN(S(=O)(=O)N(C)C)C1. The van der Waals surface area contributed by atoms with E-state index in [1.807, 2.05) is 31.2 Å². The van der Waals surface area contributed by atoms with Crippen molar-refractivity contribution in [3.8, 4) is 5.75 Å². The highest BCUT2D eigenvalue weighted by molar-refractivity contribution is 7.86. The number of nitrogens with one attached hydrogen (secondary N) is 1. The van der Waals surface area contributed by atoms with Crippen molar-refractivity contribution in [2.75, 3.05) is 34.3 Å². The van der Waals surface area contributed by atoms with Crippen LogP contribution in [0.25, 0.3) is 0 Å². The second-order valence-corrected chi connectivity index (χ2v) is 8.60. The van der Waals surface area contributed by atoms with Gasteiger partial charge in [-0.1, -0.05) is 18.2 Å². The minimum absolute atomic E-state index is 0.128. The number of carbonyl (C=O) groups excluding carboxylic acids is 1. The first-order valence-electron chi connectivity index (χ1n) is 8.38. The van der Waals surface area contributed by atoms with Crippen LogP contribution in [0.2, 0.25) is 0 Å². The number of methoxy groups -OCH3 is 1. The molecule has 7 nitrogen and oxygen atoms in total. The highest BCUT2D eigenvalue weighted by Crippen LogP contribution is 2.26. The predicted molar refractivity (Wildman–Crippen MR) is 96.5 cm³/mol. The van der Waals surface area contributed by atoms with Gasteiger partial charge in [-0.15, -0.1) is 0 Å². The number of hydrogen-bond donors (Lipinski definition) is 1. The molecule has 0 bridgehead atoms. The molecule has 0 unspecified atom stereocenters. The van der Waals surface area contributed by atoms with Gasteiger partial charge in [0.15, 0.2) is 0 Å². The van der Waals surface area contributed by atoms with Crippen LogP contribution in [-0.2, 0) is 15.0 Å². The molecule has 140 valence electrons. The van der Waals surface area contributed by atoms with Gasteiger partial charge >= 0.3 is 0 Å². The van der Waals surface area contributed by atoms with Gasteiger partial charge in [-0.3, -0.25) is 4.79 Å². The Morgan fingerprint density at radius 3 is 2.68 bits per heavy atom. The monoisotopic (exact) mass is 369 g/mol. The molecule has 2 rings (SSSR count). The first kappa shape index (κ1) is 19.7. The average molecular weight is 369 g/mol. The third-order valence-electron chi connectivity index (χ3n) is 4.51. The number of hydrogen-bond acceptors (Lipinski definition) is 4. The molecule has 1 heterocycles. The molecular weight excluding hydrogens is 342 g/mol. The molecule has 1 aliphatic heterocycles. The fraction of sp³-hybridized carbons (Fsp3) is 0.588. The number of nitrogens with zero attached hydrogens (tertiary/aromatic N) is 2. The summed E-state index contributed by atoms with van der Waals surface area (Å²) in [5.41, 5.74) is 0.895. The lowest BCUT2D eigenvalue weighted by Gasteiger charge is -2.33. The summed E-state index contributed by atoms with van der Waals surface area (Å²) in [5, 5.41) is 2.99. The fourth-order valence-electron chi connectivity index (χ4n) is 3.03. The highest BCUT2D eigenvalue weighted by atomic mass is 32.2. The van der Waals surface area contributed by atoms with Gasteiger partial charge in [0.1, 0.15) is 5.75 Å². The van der Waals surface area contributed by atoms with E-state index < -0.39 is 10.2 Å². The van der Waals surface area contributed by atoms with E-state index in [-0.39, 0.29) is 24.4 Å². The zero-order chi connectivity index (χ0) is 18.6. The molecule has 0 spiro atoms. The van der Waals surface area contributed by atoms with E-state index in [2.05, 4.69) is 5.32 Å². The van der Waals surface area contributed by atoms with E-state index in [1.165, 1.54) is 22.7 Å². The molecule has 1 saturated heterocycles. The molecular formula is C17H27N3O4S. The maximum absolute atomic E-state index is 12.6. The fourth-order valence-corrected chi connectivity index (χ4v) is 4.22. The number of benzene rings is 1. The zero-order valence-corrected chi connectivity index (χ0v) is 16.0. The predicted octanol–water partition coefficient (Wildman–Crippen LogP) is 1.39. The summed E-state index contributed by atoms with van der Waals surface area (Å²) in [4.78, 5) is 12.6. The molecule has 1 aliphatic rings. The van der Waals surface area contributed by atoms with Gasteiger partial charge < -0.3 is 10.1 Å². The summed E-state index contributed by atoms with van der Waals surface area (Å²) >= 11 is 0. The lowest BCUT2D eigenvalue weighted by Crippen LogP contribution is -2.49. The summed E-state index contributed by atoms with van der Waals surface area (Å²) in [6, 6.07) is 7.32. The molecule has 1 amide bonds. The van der Waals surface area contributed by atoms with Gasteiger partial charge in [-0.2, -0.15) is 17.0 Å². The number of para-hydroxylation sites is 1. The van der Waals surface area contributed by atoms with Crippen molar-refractivity contribution in [3.63, 3.8) is 0 Å². The Hall–Kier alpha value is -1.64. The third kappa shape index (κ3) is 4.50. The van der Waals surface area contributed by atoms with Crippen LogP contribution in [0.1, 0.15) is 31.4 Å². The van der Waals surface area contributed by atoms with E-state index in [9.17, 15) is 13.2 Å². The van der Waals surface area contributed by atoms with Crippen molar-refractivity contribution in [2.24, 2.45) is 5.92 Å². The van der Waals surface area contributed by atoms with Crippen molar-refractivity contribution in [2.45, 2.75) is 25.8 Å². The number of amides is 1. The maximum atomic E-state index is 12.6. The molecule has 0 saturated carbocycles. The lowest BCUT2D eigenvalue weighted by molar-refractivity contribution is -0.126. The zero-order valence-electron chi connectivity index (χ0n) is 15.2. The van der Waals surface area contributed by atoms with Gasteiger partial charge in [0.2, 0.25) is 5.91 Å². The molecule has 8 heteroatoms. The molecule has 25 heavy (non-hydrogen) atoms. The van der Waals surface area contributed by atoms with E-state index in [0.717, 1.165) is 11.3 Å². The van der Waals surface area contributed by atoms with Gasteiger partial charge in [0.05, 0.1) is 19.1 Å². The first-order valence-corrected chi connectivity index (χ1v) is 9.78. The number of ether oxygens (including phenoxy) is 1. The lowest BCUT2D eigenvalue weighted by atomic mass is 9.97. The summed E-state index contributed by atoms with van der Waals surface area (Å²) in [5.74, 6) is 0.244. The number of carbonyl (C=O) groups is 1. The first-order chi connectivity index (χ1) is 11.8. The third-order valence-corrected chi connectivity index (χ3v) is 6.41.